The summed E-state index contributed by atoms with van der Waals surface area (Å²) in [4.78, 5) is 8.52. The van der Waals surface area contributed by atoms with Gasteiger partial charge in [0.25, 0.3) is 0 Å². The Balaban J connectivity index is 2.31. The molecular weight excluding hydrogens is 246 g/mol. The van der Waals surface area contributed by atoms with Gasteiger partial charge in [0.05, 0.1) is 10.2 Å². The van der Waals surface area contributed by atoms with Crippen molar-refractivity contribution in [2.75, 3.05) is 6.54 Å². The molecule has 0 aromatic carbocycles. The van der Waals surface area contributed by atoms with Gasteiger partial charge in [-0.05, 0) is 28.8 Å². The zero-order valence-electron chi connectivity index (χ0n) is 7.65. The van der Waals surface area contributed by atoms with Gasteiger partial charge in [0.1, 0.15) is 11.9 Å². The predicted molar refractivity (Wildman–Crippen MR) is 55.7 cm³/mol. The van der Waals surface area contributed by atoms with Crippen LogP contribution >= 0.6 is 15.9 Å². The molecule has 2 rings (SSSR count). The van der Waals surface area contributed by atoms with Crippen molar-refractivity contribution in [1.82, 2.24) is 9.97 Å². The Kier molecular flexibility index (Phi) is 2.80. The van der Waals surface area contributed by atoms with E-state index in [1.54, 1.807) is 6.20 Å². The molecule has 0 amide bonds. The van der Waals surface area contributed by atoms with E-state index < -0.39 is 6.10 Å². The van der Waals surface area contributed by atoms with E-state index in [1.165, 1.54) is 0 Å². The molecule has 1 aliphatic rings. The first kappa shape index (κ1) is 10.0. The van der Waals surface area contributed by atoms with Gasteiger partial charge in [0.2, 0.25) is 0 Å². The van der Waals surface area contributed by atoms with E-state index in [0.717, 1.165) is 23.1 Å². The summed E-state index contributed by atoms with van der Waals surface area (Å²) in [7, 11) is 0. The van der Waals surface area contributed by atoms with E-state index in [-0.39, 0.29) is 6.54 Å². The zero-order valence-corrected chi connectivity index (χ0v) is 9.24. The third-order valence-electron chi connectivity index (χ3n) is 2.27. The first-order valence-corrected chi connectivity index (χ1v) is 5.42. The minimum atomic E-state index is -0.704. The van der Waals surface area contributed by atoms with Crippen LogP contribution in [0.4, 0.5) is 0 Å². The molecular formula is C9H12BrN3O. The maximum atomic E-state index is 9.59. The quantitative estimate of drug-likeness (QED) is 0.851. The standard InChI is InChI=1S/C9H12BrN3O/c10-6-4-12-9(5-1-2-5)13-8(6)7(14)3-11/h4-5,7,14H,1-3,11H2. The molecule has 1 aliphatic carbocycles. The van der Waals surface area contributed by atoms with Crippen LogP contribution in [0.3, 0.4) is 0 Å². The van der Waals surface area contributed by atoms with Gasteiger partial charge in [0, 0.05) is 18.7 Å². The summed E-state index contributed by atoms with van der Waals surface area (Å²) in [6, 6.07) is 0. The van der Waals surface area contributed by atoms with Gasteiger partial charge in [-0.3, -0.25) is 0 Å². The molecule has 0 saturated heterocycles. The second-order valence-corrected chi connectivity index (χ2v) is 4.34. The Hall–Kier alpha value is -0.520. The summed E-state index contributed by atoms with van der Waals surface area (Å²) in [6.07, 6.45) is 3.29. The molecule has 3 N–H and O–H groups in total. The molecule has 1 heterocycles. The van der Waals surface area contributed by atoms with Crippen molar-refractivity contribution in [1.29, 1.82) is 0 Å². The normalized spacial score (nSPS) is 18.2. The Morgan fingerprint density at radius 3 is 2.93 bits per heavy atom. The fourth-order valence-corrected chi connectivity index (χ4v) is 1.73. The van der Waals surface area contributed by atoms with Gasteiger partial charge in [-0.1, -0.05) is 0 Å². The number of nitrogens with zero attached hydrogens (tertiary/aromatic N) is 2. The maximum Gasteiger partial charge on any atom is 0.131 e. The van der Waals surface area contributed by atoms with Crippen molar-refractivity contribution < 1.29 is 5.11 Å². The number of hydrogen-bond acceptors (Lipinski definition) is 4. The van der Waals surface area contributed by atoms with E-state index >= 15 is 0 Å². The minimum Gasteiger partial charge on any atom is -0.385 e. The summed E-state index contributed by atoms with van der Waals surface area (Å²) in [5, 5.41) is 9.59. The SMILES string of the molecule is NCC(O)c1nc(C2CC2)ncc1Br. The molecule has 0 spiro atoms. The van der Waals surface area contributed by atoms with Gasteiger partial charge in [0.15, 0.2) is 0 Å². The highest BCUT2D eigenvalue weighted by molar-refractivity contribution is 9.10. The predicted octanol–water partition coefficient (Wildman–Crippen LogP) is 1.11. The summed E-state index contributed by atoms with van der Waals surface area (Å²) < 4.78 is 0.722. The highest BCUT2D eigenvalue weighted by Gasteiger charge is 2.27. The van der Waals surface area contributed by atoms with Crippen LogP contribution in [0.2, 0.25) is 0 Å². The molecule has 0 bridgehead atoms. The van der Waals surface area contributed by atoms with Crippen molar-refractivity contribution in [3.8, 4) is 0 Å². The number of rotatable bonds is 3. The van der Waals surface area contributed by atoms with Gasteiger partial charge >= 0.3 is 0 Å². The van der Waals surface area contributed by atoms with Crippen LogP contribution in [-0.4, -0.2) is 21.6 Å². The average Bonchev–Trinajstić information content (AvgIpc) is 3.01. The monoisotopic (exact) mass is 257 g/mol. The van der Waals surface area contributed by atoms with Gasteiger partial charge < -0.3 is 10.8 Å². The van der Waals surface area contributed by atoms with Crippen molar-refractivity contribution in [2.45, 2.75) is 24.9 Å². The largest absolute Gasteiger partial charge is 0.385 e. The van der Waals surface area contributed by atoms with Crippen molar-refractivity contribution >= 4 is 15.9 Å². The number of aliphatic hydroxyl groups is 1. The molecule has 76 valence electrons. The lowest BCUT2D eigenvalue weighted by atomic mass is 10.2. The van der Waals surface area contributed by atoms with E-state index in [4.69, 9.17) is 5.73 Å². The molecule has 0 aliphatic heterocycles. The smallest absolute Gasteiger partial charge is 0.131 e. The molecule has 1 fully saturated rings. The minimum absolute atomic E-state index is 0.180. The fourth-order valence-electron chi connectivity index (χ4n) is 1.28. The van der Waals surface area contributed by atoms with Crippen molar-refractivity contribution in [3.05, 3.63) is 22.2 Å². The molecule has 1 saturated carbocycles. The number of nitrogens with two attached hydrogens (primary N) is 1. The first-order valence-electron chi connectivity index (χ1n) is 4.63. The molecule has 1 atom stereocenters. The third-order valence-corrected chi connectivity index (χ3v) is 2.88. The molecule has 5 heteroatoms. The highest BCUT2D eigenvalue weighted by Crippen LogP contribution is 2.38. The summed E-state index contributed by atoms with van der Waals surface area (Å²) >= 11 is 3.30. The van der Waals surface area contributed by atoms with E-state index in [1.807, 2.05) is 0 Å². The molecule has 1 aromatic rings. The number of halogens is 1. The van der Waals surface area contributed by atoms with Crippen LogP contribution in [0.5, 0.6) is 0 Å². The van der Waals surface area contributed by atoms with E-state index in [0.29, 0.717) is 11.6 Å². The molecule has 1 unspecified atom stereocenters. The zero-order chi connectivity index (χ0) is 10.1. The summed E-state index contributed by atoms with van der Waals surface area (Å²) in [5.41, 5.74) is 5.98. The lowest BCUT2D eigenvalue weighted by Crippen LogP contribution is -2.14. The maximum absolute atomic E-state index is 9.59. The summed E-state index contributed by atoms with van der Waals surface area (Å²) in [5.74, 6) is 1.32. The van der Waals surface area contributed by atoms with Crippen molar-refractivity contribution in [3.63, 3.8) is 0 Å². The Labute approximate surface area is 90.7 Å². The van der Waals surface area contributed by atoms with Crippen LogP contribution in [0.25, 0.3) is 0 Å². The van der Waals surface area contributed by atoms with Crippen LogP contribution in [0.15, 0.2) is 10.7 Å². The molecule has 0 radical (unpaired) electrons. The van der Waals surface area contributed by atoms with Crippen LogP contribution in [0.1, 0.15) is 36.4 Å². The van der Waals surface area contributed by atoms with Crippen LogP contribution in [0, 0.1) is 0 Å². The third kappa shape index (κ3) is 1.94. The highest BCUT2D eigenvalue weighted by atomic mass is 79.9. The molecule has 14 heavy (non-hydrogen) atoms. The number of aliphatic hydroxyl groups excluding tert-OH is 1. The first-order chi connectivity index (χ1) is 6.72. The Morgan fingerprint density at radius 1 is 1.64 bits per heavy atom. The lowest BCUT2D eigenvalue weighted by Gasteiger charge is -2.10. The summed E-state index contributed by atoms with van der Waals surface area (Å²) in [6.45, 7) is 0.180. The van der Waals surface area contributed by atoms with E-state index in [9.17, 15) is 5.11 Å². The van der Waals surface area contributed by atoms with Crippen LogP contribution < -0.4 is 5.73 Å². The topological polar surface area (TPSA) is 72.0 Å². The molecule has 1 aromatic heterocycles. The second kappa shape index (κ2) is 3.92. The Morgan fingerprint density at radius 2 is 2.36 bits per heavy atom. The lowest BCUT2D eigenvalue weighted by molar-refractivity contribution is 0.180. The molecule has 4 nitrogen and oxygen atoms in total. The second-order valence-electron chi connectivity index (χ2n) is 3.49. The van der Waals surface area contributed by atoms with Gasteiger partial charge in [-0.25, -0.2) is 9.97 Å². The van der Waals surface area contributed by atoms with E-state index in [2.05, 4.69) is 25.9 Å². The average molecular weight is 258 g/mol. The Bertz CT molecular complexity index is 341. The fraction of sp³-hybridized carbons (Fsp3) is 0.556. The number of hydrogen-bond donors (Lipinski definition) is 2. The number of aromatic nitrogens is 2. The van der Waals surface area contributed by atoms with Gasteiger partial charge in [-0.2, -0.15) is 0 Å². The van der Waals surface area contributed by atoms with Crippen molar-refractivity contribution in [2.24, 2.45) is 5.73 Å². The van der Waals surface area contributed by atoms with Gasteiger partial charge in [-0.15, -0.1) is 0 Å². The van der Waals surface area contributed by atoms with Crippen LogP contribution in [-0.2, 0) is 0 Å².